The van der Waals surface area contributed by atoms with Gasteiger partial charge in [0, 0.05) is 17.8 Å². The first-order valence-electron chi connectivity index (χ1n) is 8.75. The number of nitrogens with zero attached hydrogens (tertiary/aromatic N) is 3. The topological polar surface area (TPSA) is 147 Å². The minimum atomic E-state index is -1.13. The monoisotopic (exact) mass is 409 g/mol. The van der Waals surface area contributed by atoms with Crippen LogP contribution in [-0.4, -0.2) is 29.7 Å². The van der Waals surface area contributed by atoms with Crippen molar-refractivity contribution in [3.63, 3.8) is 0 Å². The molecular weight excluding hydrogens is 390 g/mol. The summed E-state index contributed by atoms with van der Waals surface area (Å²) in [6.45, 7) is 1.47. The predicted octanol–water partition coefficient (Wildman–Crippen LogP) is 3.19. The van der Waals surface area contributed by atoms with Crippen LogP contribution in [0.3, 0.4) is 0 Å². The van der Waals surface area contributed by atoms with Gasteiger partial charge in [-0.3, -0.25) is 14.9 Å². The summed E-state index contributed by atoms with van der Waals surface area (Å²) < 4.78 is 4.79. The fourth-order valence-electron chi connectivity index (χ4n) is 2.71. The van der Waals surface area contributed by atoms with Crippen molar-refractivity contribution in [3.05, 3.63) is 70.3 Å². The van der Waals surface area contributed by atoms with Gasteiger partial charge < -0.3 is 10.1 Å². The molecule has 2 rings (SSSR count). The van der Waals surface area contributed by atoms with Gasteiger partial charge in [0.15, 0.2) is 0 Å². The summed E-state index contributed by atoms with van der Waals surface area (Å²) in [4.78, 5) is 34.6. The molecule has 0 saturated carbocycles. The van der Waals surface area contributed by atoms with E-state index in [0.29, 0.717) is 11.3 Å². The van der Waals surface area contributed by atoms with E-state index in [2.05, 4.69) is 15.8 Å². The molecule has 0 fully saturated rings. The summed E-state index contributed by atoms with van der Waals surface area (Å²) >= 11 is 0. The number of nitriles is 1. The maximum absolute atomic E-state index is 12.3. The highest BCUT2D eigenvalue weighted by atomic mass is 16.6. The van der Waals surface area contributed by atoms with Gasteiger partial charge in [-0.1, -0.05) is 30.3 Å². The van der Waals surface area contributed by atoms with Crippen molar-refractivity contribution in [2.24, 2.45) is 11.0 Å². The van der Waals surface area contributed by atoms with E-state index in [1.54, 1.807) is 30.3 Å². The number of nitro groups is 1. The summed E-state index contributed by atoms with van der Waals surface area (Å²) in [6, 6.07) is 15.3. The number of hydrogen-bond acceptors (Lipinski definition) is 7. The smallest absolute Gasteiger partial charge is 0.339 e. The van der Waals surface area contributed by atoms with Gasteiger partial charge in [-0.15, -0.1) is 0 Å². The first-order chi connectivity index (χ1) is 14.4. The molecule has 2 amide bonds. The van der Waals surface area contributed by atoms with Gasteiger partial charge >= 0.3 is 12.0 Å². The molecule has 0 saturated heterocycles. The number of non-ortho nitro benzene ring substituents is 1. The molecule has 2 aromatic rings. The number of para-hydroxylation sites is 1. The molecule has 10 nitrogen and oxygen atoms in total. The quantitative estimate of drug-likeness (QED) is 0.311. The zero-order valence-corrected chi connectivity index (χ0v) is 16.2. The molecule has 0 heterocycles. The number of amides is 2. The van der Waals surface area contributed by atoms with Crippen molar-refractivity contribution in [1.29, 1.82) is 5.26 Å². The van der Waals surface area contributed by atoms with Gasteiger partial charge in [-0.05, 0) is 24.6 Å². The highest BCUT2D eigenvalue weighted by Gasteiger charge is 2.34. The fourth-order valence-corrected chi connectivity index (χ4v) is 2.71. The van der Waals surface area contributed by atoms with E-state index >= 15 is 0 Å². The second-order valence-corrected chi connectivity index (χ2v) is 6.14. The Bertz CT molecular complexity index is 983. The molecular formula is C20H19N5O5. The van der Waals surface area contributed by atoms with Gasteiger partial charge in [0.25, 0.3) is 5.69 Å². The minimum absolute atomic E-state index is 0.134. The fraction of sp³-hybridized carbons (Fsp3) is 0.200. The Labute approximate surface area is 172 Å². The number of carbonyl (C=O) groups is 2. The number of esters is 1. The second-order valence-electron chi connectivity index (χ2n) is 6.14. The number of nitrogens with one attached hydrogen (secondary N) is 2. The van der Waals surface area contributed by atoms with Crippen molar-refractivity contribution >= 4 is 29.1 Å². The third-order valence-electron chi connectivity index (χ3n) is 4.21. The number of methoxy groups -OCH3 is 1. The maximum atomic E-state index is 12.3. The Morgan fingerprint density at radius 3 is 2.33 bits per heavy atom. The summed E-state index contributed by atoms with van der Waals surface area (Å²) in [7, 11) is 1.17. The molecule has 0 aliphatic carbocycles. The largest absolute Gasteiger partial charge is 0.468 e. The third kappa shape index (κ3) is 5.62. The Morgan fingerprint density at radius 2 is 1.80 bits per heavy atom. The number of anilines is 1. The average molecular weight is 409 g/mol. The molecule has 2 atom stereocenters. The van der Waals surface area contributed by atoms with Crippen LogP contribution in [0.4, 0.5) is 16.2 Å². The number of hydrogen-bond donors (Lipinski definition) is 2. The van der Waals surface area contributed by atoms with Crippen LogP contribution < -0.4 is 10.7 Å². The molecule has 0 aliphatic rings. The number of urea groups is 1. The van der Waals surface area contributed by atoms with E-state index in [0.717, 1.165) is 0 Å². The second kappa shape index (κ2) is 10.3. The summed E-state index contributed by atoms with van der Waals surface area (Å²) in [5.74, 6) is -2.88. The van der Waals surface area contributed by atoms with Crippen LogP contribution in [0.15, 0.2) is 59.7 Å². The lowest BCUT2D eigenvalue weighted by Gasteiger charge is -2.20. The SMILES string of the molecule is COC(=O)C(/C(C)=N/NC(=O)Nc1ccccc1)C(C#N)c1ccc([N+](=O)[O-])cc1. The lowest BCUT2D eigenvalue weighted by Crippen LogP contribution is -2.32. The molecule has 154 valence electrons. The van der Waals surface area contributed by atoms with Gasteiger partial charge in [0.05, 0.1) is 29.7 Å². The number of rotatable bonds is 7. The average Bonchev–Trinajstić information content (AvgIpc) is 2.76. The standard InChI is InChI=1S/C20H19N5O5/c1-13(23-24-20(27)22-15-6-4-3-5-7-15)18(19(26)30-2)17(12-21)14-8-10-16(11-9-14)25(28)29/h3-11,17-18H,1-2H3,(H2,22,24,27)/b23-13+. The van der Waals surface area contributed by atoms with Crippen LogP contribution in [-0.2, 0) is 9.53 Å². The van der Waals surface area contributed by atoms with Gasteiger partial charge in [0.1, 0.15) is 5.92 Å². The van der Waals surface area contributed by atoms with Crippen LogP contribution in [0, 0.1) is 27.4 Å². The van der Waals surface area contributed by atoms with Gasteiger partial charge in [-0.2, -0.15) is 10.4 Å². The molecule has 0 spiro atoms. The van der Waals surface area contributed by atoms with E-state index in [1.807, 2.05) is 6.07 Å². The lowest BCUT2D eigenvalue weighted by atomic mass is 9.84. The van der Waals surface area contributed by atoms with Crippen LogP contribution >= 0.6 is 0 Å². The molecule has 2 unspecified atom stereocenters. The molecule has 0 radical (unpaired) electrons. The van der Waals surface area contributed by atoms with Crippen molar-refractivity contribution in [2.45, 2.75) is 12.8 Å². The predicted molar refractivity (Wildman–Crippen MR) is 109 cm³/mol. The highest BCUT2D eigenvalue weighted by molar-refractivity contribution is 6.03. The van der Waals surface area contributed by atoms with E-state index in [-0.39, 0.29) is 11.4 Å². The molecule has 0 aromatic heterocycles. The number of benzene rings is 2. The Morgan fingerprint density at radius 1 is 1.17 bits per heavy atom. The first kappa shape index (κ1) is 22.0. The van der Waals surface area contributed by atoms with E-state index in [9.17, 15) is 25.0 Å². The third-order valence-corrected chi connectivity index (χ3v) is 4.21. The zero-order valence-electron chi connectivity index (χ0n) is 16.2. The number of ether oxygens (including phenoxy) is 1. The number of carbonyl (C=O) groups excluding carboxylic acids is 2. The number of nitro benzene ring substituents is 1. The molecule has 2 N–H and O–H groups in total. The van der Waals surface area contributed by atoms with Crippen LogP contribution in [0.25, 0.3) is 0 Å². The van der Waals surface area contributed by atoms with E-state index in [1.165, 1.54) is 38.3 Å². The Kier molecular flexibility index (Phi) is 7.59. The summed E-state index contributed by atoms with van der Waals surface area (Å²) in [6.07, 6.45) is 0. The first-order valence-corrected chi connectivity index (χ1v) is 8.75. The summed E-state index contributed by atoms with van der Waals surface area (Å²) in [5, 5.41) is 27.0. The maximum Gasteiger partial charge on any atom is 0.339 e. The summed E-state index contributed by atoms with van der Waals surface area (Å²) in [5.41, 5.74) is 3.19. The number of hydrazone groups is 1. The molecule has 10 heteroatoms. The molecule has 2 aromatic carbocycles. The van der Waals surface area contributed by atoms with Crippen molar-refractivity contribution < 1.29 is 19.2 Å². The van der Waals surface area contributed by atoms with Crippen LogP contribution in [0.5, 0.6) is 0 Å². The molecule has 0 aliphatic heterocycles. The van der Waals surface area contributed by atoms with Gasteiger partial charge in [-0.25, -0.2) is 10.2 Å². The van der Waals surface area contributed by atoms with E-state index < -0.39 is 28.8 Å². The highest BCUT2D eigenvalue weighted by Crippen LogP contribution is 2.28. The van der Waals surface area contributed by atoms with Crippen LogP contribution in [0.1, 0.15) is 18.4 Å². The zero-order chi connectivity index (χ0) is 22.1. The normalized spacial score (nSPS) is 12.8. The van der Waals surface area contributed by atoms with E-state index in [4.69, 9.17) is 4.74 Å². The Hall–Kier alpha value is -4.26. The molecule has 30 heavy (non-hydrogen) atoms. The van der Waals surface area contributed by atoms with Crippen LogP contribution in [0.2, 0.25) is 0 Å². The lowest BCUT2D eigenvalue weighted by molar-refractivity contribution is -0.384. The van der Waals surface area contributed by atoms with Crippen molar-refractivity contribution in [2.75, 3.05) is 12.4 Å². The minimum Gasteiger partial charge on any atom is -0.468 e. The molecule has 0 bridgehead atoms. The van der Waals surface area contributed by atoms with Gasteiger partial charge in [0.2, 0.25) is 0 Å². The van der Waals surface area contributed by atoms with Crippen molar-refractivity contribution in [1.82, 2.24) is 5.43 Å². The Balaban J connectivity index is 2.22. The van der Waals surface area contributed by atoms with Crippen molar-refractivity contribution in [3.8, 4) is 6.07 Å².